The van der Waals surface area contributed by atoms with Gasteiger partial charge in [0, 0.05) is 6.04 Å². The van der Waals surface area contributed by atoms with Crippen LogP contribution in [0.4, 0.5) is 0 Å². The molecule has 0 spiro atoms. The van der Waals surface area contributed by atoms with Crippen molar-refractivity contribution < 1.29 is 0 Å². The Morgan fingerprint density at radius 2 is 1.70 bits per heavy atom. The minimum absolute atomic E-state index is 0.300. The Bertz CT molecular complexity index is 94.9. The first-order valence-corrected chi connectivity index (χ1v) is 4.17. The maximum Gasteiger partial charge on any atom is 0.0113 e. The molecule has 0 aromatic rings. The van der Waals surface area contributed by atoms with Crippen molar-refractivity contribution >= 4 is 0 Å². The van der Waals surface area contributed by atoms with Gasteiger partial charge in [-0.2, -0.15) is 0 Å². The highest BCUT2D eigenvalue weighted by Gasteiger charge is 2.26. The molecule has 62 valence electrons. The summed E-state index contributed by atoms with van der Waals surface area (Å²) in [5.74, 6) is 0.593. The van der Waals surface area contributed by atoms with E-state index in [1.54, 1.807) is 0 Å². The fourth-order valence-electron chi connectivity index (χ4n) is 1.14. The molecule has 0 amide bonds. The van der Waals surface area contributed by atoms with Crippen molar-refractivity contribution in [2.45, 2.75) is 47.1 Å². The van der Waals surface area contributed by atoms with E-state index in [-0.39, 0.29) is 0 Å². The van der Waals surface area contributed by atoms with Crippen molar-refractivity contribution in [1.82, 2.24) is 0 Å². The molecular formula is C9H21N. The Morgan fingerprint density at radius 3 is 1.80 bits per heavy atom. The molecule has 0 aliphatic carbocycles. The molecule has 0 aliphatic rings. The standard InChI is InChI=1S/C9H21N/c1-6-9(4,5)8(10)7(2)3/h7-8H,6,10H2,1-5H3. The summed E-state index contributed by atoms with van der Waals surface area (Å²) in [5, 5.41) is 0. The molecular weight excluding hydrogens is 122 g/mol. The molecule has 10 heavy (non-hydrogen) atoms. The minimum Gasteiger partial charge on any atom is -0.327 e. The first kappa shape index (κ1) is 9.96. The molecule has 0 aliphatic heterocycles. The molecule has 1 unspecified atom stereocenters. The second-order valence-electron chi connectivity index (χ2n) is 4.11. The molecule has 1 atom stereocenters. The van der Waals surface area contributed by atoms with E-state index in [4.69, 9.17) is 5.73 Å². The van der Waals surface area contributed by atoms with Gasteiger partial charge in [-0.15, -0.1) is 0 Å². The van der Waals surface area contributed by atoms with Gasteiger partial charge in [0.1, 0.15) is 0 Å². The SMILES string of the molecule is CCC(C)(C)C(N)C(C)C. The van der Waals surface area contributed by atoms with Gasteiger partial charge in [0.2, 0.25) is 0 Å². The summed E-state index contributed by atoms with van der Waals surface area (Å²) in [6.45, 7) is 11.0. The van der Waals surface area contributed by atoms with E-state index in [1.165, 1.54) is 0 Å². The van der Waals surface area contributed by atoms with Crippen LogP contribution in [-0.4, -0.2) is 6.04 Å². The van der Waals surface area contributed by atoms with Crippen LogP contribution in [0.25, 0.3) is 0 Å². The third-order valence-corrected chi connectivity index (χ3v) is 2.53. The Balaban J connectivity index is 4.03. The lowest BCUT2D eigenvalue weighted by Gasteiger charge is -2.33. The van der Waals surface area contributed by atoms with Crippen LogP contribution in [0.1, 0.15) is 41.0 Å². The van der Waals surface area contributed by atoms with Crippen molar-refractivity contribution in [3.8, 4) is 0 Å². The topological polar surface area (TPSA) is 26.0 Å². The van der Waals surface area contributed by atoms with E-state index in [0.29, 0.717) is 17.4 Å². The summed E-state index contributed by atoms with van der Waals surface area (Å²) in [6, 6.07) is 0.331. The van der Waals surface area contributed by atoms with Crippen LogP contribution in [-0.2, 0) is 0 Å². The van der Waals surface area contributed by atoms with Gasteiger partial charge in [0.05, 0.1) is 0 Å². The number of nitrogens with two attached hydrogens (primary N) is 1. The van der Waals surface area contributed by atoms with E-state index < -0.39 is 0 Å². The summed E-state index contributed by atoms with van der Waals surface area (Å²) >= 11 is 0. The molecule has 0 heterocycles. The Morgan fingerprint density at radius 1 is 1.30 bits per heavy atom. The predicted octanol–water partition coefficient (Wildman–Crippen LogP) is 2.41. The Labute approximate surface area is 65.0 Å². The molecule has 0 aromatic carbocycles. The molecule has 0 bridgehead atoms. The Hall–Kier alpha value is -0.0400. The summed E-state index contributed by atoms with van der Waals surface area (Å²) in [5.41, 5.74) is 6.30. The maximum atomic E-state index is 6.00. The van der Waals surface area contributed by atoms with Gasteiger partial charge in [-0.1, -0.05) is 34.6 Å². The van der Waals surface area contributed by atoms with Gasteiger partial charge in [-0.05, 0) is 17.8 Å². The number of rotatable bonds is 3. The van der Waals surface area contributed by atoms with Gasteiger partial charge in [0.15, 0.2) is 0 Å². The monoisotopic (exact) mass is 143 g/mol. The maximum absolute atomic E-state index is 6.00. The molecule has 0 fully saturated rings. The van der Waals surface area contributed by atoms with Gasteiger partial charge >= 0.3 is 0 Å². The van der Waals surface area contributed by atoms with Gasteiger partial charge in [0.25, 0.3) is 0 Å². The smallest absolute Gasteiger partial charge is 0.0113 e. The van der Waals surface area contributed by atoms with Crippen LogP contribution in [0.2, 0.25) is 0 Å². The summed E-state index contributed by atoms with van der Waals surface area (Å²) in [7, 11) is 0. The molecule has 0 saturated heterocycles. The van der Waals surface area contributed by atoms with E-state index in [1.807, 2.05) is 0 Å². The third-order valence-electron chi connectivity index (χ3n) is 2.53. The average Bonchev–Trinajstić information content (AvgIpc) is 1.86. The van der Waals surface area contributed by atoms with Gasteiger partial charge in [-0.3, -0.25) is 0 Å². The molecule has 1 heteroatoms. The van der Waals surface area contributed by atoms with Crippen LogP contribution >= 0.6 is 0 Å². The fraction of sp³-hybridized carbons (Fsp3) is 1.00. The lowest BCUT2D eigenvalue weighted by Crippen LogP contribution is -2.40. The second kappa shape index (κ2) is 3.38. The van der Waals surface area contributed by atoms with Gasteiger partial charge < -0.3 is 5.73 Å². The Kier molecular flexibility index (Phi) is 3.37. The van der Waals surface area contributed by atoms with E-state index in [2.05, 4.69) is 34.6 Å². The highest BCUT2D eigenvalue weighted by atomic mass is 14.7. The highest BCUT2D eigenvalue weighted by molar-refractivity contribution is 4.81. The summed E-state index contributed by atoms with van der Waals surface area (Å²) < 4.78 is 0. The molecule has 0 rings (SSSR count). The summed E-state index contributed by atoms with van der Waals surface area (Å²) in [6.07, 6.45) is 1.16. The first-order chi connectivity index (χ1) is 4.41. The van der Waals surface area contributed by atoms with Crippen molar-refractivity contribution in [2.75, 3.05) is 0 Å². The normalized spacial score (nSPS) is 15.9. The van der Waals surface area contributed by atoms with Crippen LogP contribution in [0.15, 0.2) is 0 Å². The lowest BCUT2D eigenvalue weighted by molar-refractivity contribution is 0.225. The molecule has 0 aromatic heterocycles. The zero-order chi connectivity index (χ0) is 8.36. The minimum atomic E-state index is 0.300. The quantitative estimate of drug-likeness (QED) is 0.645. The predicted molar refractivity (Wildman–Crippen MR) is 46.9 cm³/mol. The van der Waals surface area contributed by atoms with Gasteiger partial charge in [-0.25, -0.2) is 0 Å². The van der Waals surface area contributed by atoms with Crippen molar-refractivity contribution in [3.05, 3.63) is 0 Å². The highest BCUT2D eigenvalue weighted by Crippen LogP contribution is 2.27. The van der Waals surface area contributed by atoms with Crippen molar-refractivity contribution in [2.24, 2.45) is 17.1 Å². The zero-order valence-electron chi connectivity index (χ0n) is 7.94. The molecule has 2 N–H and O–H groups in total. The van der Waals surface area contributed by atoms with Crippen LogP contribution in [0.3, 0.4) is 0 Å². The zero-order valence-corrected chi connectivity index (χ0v) is 7.94. The molecule has 0 saturated carbocycles. The average molecular weight is 143 g/mol. The largest absolute Gasteiger partial charge is 0.327 e. The fourth-order valence-corrected chi connectivity index (χ4v) is 1.14. The van der Waals surface area contributed by atoms with E-state index in [0.717, 1.165) is 6.42 Å². The summed E-state index contributed by atoms with van der Waals surface area (Å²) in [4.78, 5) is 0. The molecule has 0 radical (unpaired) electrons. The molecule has 1 nitrogen and oxygen atoms in total. The number of hydrogen-bond donors (Lipinski definition) is 1. The van der Waals surface area contributed by atoms with Crippen LogP contribution in [0.5, 0.6) is 0 Å². The van der Waals surface area contributed by atoms with E-state index >= 15 is 0 Å². The second-order valence-corrected chi connectivity index (χ2v) is 4.11. The number of hydrogen-bond acceptors (Lipinski definition) is 1. The van der Waals surface area contributed by atoms with E-state index in [9.17, 15) is 0 Å². The lowest BCUT2D eigenvalue weighted by atomic mass is 9.77. The van der Waals surface area contributed by atoms with Crippen LogP contribution in [0, 0.1) is 11.3 Å². The van der Waals surface area contributed by atoms with Crippen LogP contribution < -0.4 is 5.73 Å². The van der Waals surface area contributed by atoms with Crippen molar-refractivity contribution in [3.63, 3.8) is 0 Å². The third kappa shape index (κ3) is 2.30. The van der Waals surface area contributed by atoms with Crippen molar-refractivity contribution in [1.29, 1.82) is 0 Å². The first-order valence-electron chi connectivity index (χ1n) is 4.17.